The van der Waals surface area contributed by atoms with Crippen molar-refractivity contribution >= 4 is 27.8 Å². The van der Waals surface area contributed by atoms with Gasteiger partial charge in [-0.15, -0.1) is 0 Å². The first-order valence-corrected chi connectivity index (χ1v) is 5.79. The summed E-state index contributed by atoms with van der Waals surface area (Å²) >= 11 is 2.99. The number of nitro groups is 1. The first kappa shape index (κ1) is 14.4. The van der Waals surface area contributed by atoms with Crippen LogP contribution in [0, 0.1) is 10.1 Å². The maximum absolute atomic E-state index is 11.4. The van der Waals surface area contributed by atoms with E-state index >= 15 is 0 Å². The van der Waals surface area contributed by atoms with Gasteiger partial charge in [0.25, 0.3) is 0 Å². The molecule has 0 unspecified atom stereocenters. The Balaban J connectivity index is 2.83. The number of carbonyl (C=O) groups excluding carboxylic acids is 1. The van der Waals surface area contributed by atoms with Gasteiger partial charge in [0.15, 0.2) is 0 Å². The van der Waals surface area contributed by atoms with Crippen LogP contribution in [0.5, 0.6) is 5.88 Å². The molecule has 0 saturated carbocycles. The van der Waals surface area contributed by atoms with Gasteiger partial charge in [-0.3, -0.25) is 0 Å². The van der Waals surface area contributed by atoms with E-state index < -0.39 is 22.4 Å². The van der Waals surface area contributed by atoms with Crippen molar-refractivity contribution in [3.8, 4) is 5.88 Å². The van der Waals surface area contributed by atoms with Gasteiger partial charge >= 0.3 is 17.8 Å². The summed E-state index contributed by atoms with van der Waals surface area (Å²) in [6.07, 6.45) is -0.716. The van der Waals surface area contributed by atoms with Crippen molar-refractivity contribution in [2.24, 2.45) is 0 Å². The van der Waals surface area contributed by atoms with E-state index in [0.717, 1.165) is 0 Å². The molecule has 18 heavy (non-hydrogen) atoms. The average molecular weight is 318 g/mol. The van der Waals surface area contributed by atoms with Gasteiger partial charge in [0.05, 0.1) is 0 Å². The highest BCUT2D eigenvalue weighted by Crippen LogP contribution is 2.24. The first-order chi connectivity index (χ1) is 8.19. The van der Waals surface area contributed by atoms with E-state index in [4.69, 9.17) is 4.74 Å². The lowest BCUT2D eigenvalue weighted by Crippen LogP contribution is -2.42. The Morgan fingerprint density at radius 2 is 2.11 bits per heavy atom. The van der Waals surface area contributed by atoms with Gasteiger partial charge in [-0.1, -0.05) is 0 Å². The van der Waals surface area contributed by atoms with Crippen LogP contribution >= 0.6 is 15.9 Å². The lowest BCUT2D eigenvalue weighted by atomic mass is 10.1. The Bertz CT molecular complexity index is 485. The average Bonchev–Trinajstić information content (AvgIpc) is 2.17. The third kappa shape index (κ3) is 4.28. The highest BCUT2D eigenvalue weighted by molar-refractivity contribution is 9.10. The standard InChI is InChI=1S/C10H12BrN3O4/c1-10(2,3)13-9(15)18-7-5-4-6(11)8(12-7)14(16)17/h4-5H,1-3H3,(H,13,15). The lowest BCUT2D eigenvalue weighted by Gasteiger charge is -2.18. The van der Waals surface area contributed by atoms with E-state index in [9.17, 15) is 14.9 Å². The first-order valence-electron chi connectivity index (χ1n) is 5.00. The number of hydrogen-bond donors (Lipinski definition) is 1. The smallest absolute Gasteiger partial charge is 0.370 e. The fraction of sp³-hybridized carbons (Fsp3) is 0.400. The van der Waals surface area contributed by atoms with Crippen LogP contribution < -0.4 is 10.1 Å². The van der Waals surface area contributed by atoms with Crippen LogP contribution in [0.1, 0.15) is 20.8 Å². The third-order valence-electron chi connectivity index (χ3n) is 1.65. The van der Waals surface area contributed by atoms with Crippen molar-refractivity contribution < 1.29 is 14.5 Å². The number of pyridine rings is 1. The molecule has 1 rings (SSSR count). The Hall–Kier alpha value is -1.70. The minimum atomic E-state index is -0.716. The summed E-state index contributed by atoms with van der Waals surface area (Å²) in [5.41, 5.74) is -0.460. The molecule has 1 aromatic rings. The molecule has 1 aromatic heterocycles. The van der Waals surface area contributed by atoms with Gasteiger partial charge in [-0.2, -0.15) is 0 Å². The van der Waals surface area contributed by atoms with Crippen molar-refractivity contribution in [3.63, 3.8) is 0 Å². The fourth-order valence-corrected chi connectivity index (χ4v) is 1.39. The topological polar surface area (TPSA) is 94.4 Å². The van der Waals surface area contributed by atoms with Crippen LogP contribution in [0.25, 0.3) is 0 Å². The monoisotopic (exact) mass is 317 g/mol. The van der Waals surface area contributed by atoms with Crippen LogP contribution in [-0.4, -0.2) is 21.5 Å². The van der Waals surface area contributed by atoms with E-state index in [1.807, 2.05) is 0 Å². The number of rotatable bonds is 2. The van der Waals surface area contributed by atoms with Crippen molar-refractivity contribution in [1.29, 1.82) is 0 Å². The van der Waals surface area contributed by atoms with E-state index in [-0.39, 0.29) is 10.4 Å². The van der Waals surface area contributed by atoms with Gasteiger partial charge in [-0.05, 0) is 47.7 Å². The zero-order valence-corrected chi connectivity index (χ0v) is 11.6. The number of nitrogens with one attached hydrogen (secondary N) is 1. The predicted octanol–water partition coefficient (Wildman–Crippen LogP) is 2.64. The maximum Gasteiger partial charge on any atom is 0.415 e. The van der Waals surface area contributed by atoms with Crippen LogP contribution in [0.2, 0.25) is 0 Å². The fourth-order valence-electron chi connectivity index (χ4n) is 1.03. The van der Waals surface area contributed by atoms with Gasteiger partial charge in [0.1, 0.15) is 4.47 Å². The zero-order valence-electron chi connectivity index (χ0n) is 10.1. The normalized spacial score (nSPS) is 10.9. The molecule has 0 atom stereocenters. The Morgan fingerprint density at radius 1 is 1.50 bits per heavy atom. The van der Waals surface area contributed by atoms with Gasteiger partial charge in [-0.25, -0.2) is 4.79 Å². The molecular formula is C10H12BrN3O4. The molecule has 0 aliphatic heterocycles. The minimum Gasteiger partial charge on any atom is -0.370 e. The quantitative estimate of drug-likeness (QED) is 0.668. The molecule has 0 saturated heterocycles. The molecule has 0 aliphatic carbocycles. The maximum atomic E-state index is 11.4. The Kier molecular flexibility index (Phi) is 4.23. The number of amides is 1. The molecule has 0 spiro atoms. The molecule has 98 valence electrons. The molecule has 0 aliphatic rings. The number of ether oxygens (including phenoxy) is 1. The zero-order chi connectivity index (χ0) is 13.9. The van der Waals surface area contributed by atoms with E-state index in [2.05, 4.69) is 26.2 Å². The number of halogens is 1. The Labute approximate surface area is 112 Å². The summed E-state index contributed by atoms with van der Waals surface area (Å²) < 4.78 is 5.07. The van der Waals surface area contributed by atoms with Crippen LogP contribution in [-0.2, 0) is 0 Å². The van der Waals surface area contributed by atoms with E-state index in [0.29, 0.717) is 0 Å². The second kappa shape index (κ2) is 5.30. The molecule has 8 heteroatoms. The van der Waals surface area contributed by atoms with Crippen molar-refractivity contribution in [2.45, 2.75) is 26.3 Å². The number of nitrogens with zero attached hydrogens (tertiary/aromatic N) is 2. The number of aromatic nitrogens is 1. The molecule has 0 fully saturated rings. The second-order valence-corrected chi connectivity index (χ2v) is 5.33. The van der Waals surface area contributed by atoms with Crippen molar-refractivity contribution in [3.05, 3.63) is 26.7 Å². The summed E-state index contributed by atoms with van der Waals surface area (Å²) in [6, 6.07) is 2.75. The van der Waals surface area contributed by atoms with Crippen molar-refractivity contribution in [2.75, 3.05) is 0 Å². The molecule has 1 heterocycles. The summed E-state index contributed by atoms with van der Waals surface area (Å²) in [6.45, 7) is 5.35. The molecular weight excluding hydrogens is 306 g/mol. The highest BCUT2D eigenvalue weighted by atomic mass is 79.9. The molecule has 0 radical (unpaired) electrons. The SMILES string of the molecule is CC(C)(C)NC(=O)Oc1ccc(Br)c([N+](=O)[O-])n1. The van der Waals surface area contributed by atoms with E-state index in [1.165, 1.54) is 12.1 Å². The lowest BCUT2D eigenvalue weighted by molar-refractivity contribution is -0.390. The molecule has 1 amide bonds. The van der Waals surface area contributed by atoms with Crippen LogP contribution in [0.4, 0.5) is 10.6 Å². The predicted molar refractivity (Wildman–Crippen MR) is 67.5 cm³/mol. The minimum absolute atomic E-state index is 0.133. The number of hydrogen-bond acceptors (Lipinski definition) is 5. The third-order valence-corrected chi connectivity index (χ3v) is 2.27. The van der Waals surface area contributed by atoms with E-state index in [1.54, 1.807) is 20.8 Å². The van der Waals surface area contributed by atoms with Crippen LogP contribution in [0.15, 0.2) is 16.6 Å². The highest BCUT2D eigenvalue weighted by Gasteiger charge is 2.20. The van der Waals surface area contributed by atoms with Gasteiger partial charge in [0.2, 0.25) is 0 Å². The number of carbonyl (C=O) groups is 1. The van der Waals surface area contributed by atoms with Gasteiger partial charge in [0, 0.05) is 16.6 Å². The molecule has 7 nitrogen and oxygen atoms in total. The largest absolute Gasteiger partial charge is 0.415 e. The molecule has 0 bridgehead atoms. The molecule has 0 aromatic carbocycles. The second-order valence-electron chi connectivity index (χ2n) is 4.48. The summed E-state index contributed by atoms with van der Waals surface area (Å²) in [4.78, 5) is 25.0. The summed E-state index contributed by atoms with van der Waals surface area (Å²) in [5.74, 6) is -0.539. The van der Waals surface area contributed by atoms with Crippen LogP contribution in [0.3, 0.4) is 0 Å². The van der Waals surface area contributed by atoms with Gasteiger partial charge < -0.3 is 20.2 Å². The molecule has 1 N–H and O–H groups in total. The summed E-state index contributed by atoms with van der Waals surface area (Å²) in [5, 5.41) is 13.2. The summed E-state index contributed by atoms with van der Waals surface area (Å²) in [7, 11) is 0. The Morgan fingerprint density at radius 3 is 2.61 bits per heavy atom. The van der Waals surface area contributed by atoms with Crippen molar-refractivity contribution in [1.82, 2.24) is 10.3 Å².